The molecule has 0 spiro atoms. The number of amides is 3. The third-order valence-electron chi connectivity index (χ3n) is 3.34. The Morgan fingerprint density at radius 3 is 2.13 bits per heavy atom. The number of nitrogens with one attached hydrogen (secondary N) is 2. The van der Waals surface area contributed by atoms with Gasteiger partial charge in [-0.2, -0.15) is 0 Å². The summed E-state index contributed by atoms with van der Waals surface area (Å²) in [6, 6.07) is 7.56. The van der Waals surface area contributed by atoms with Crippen molar-refractivity contribution in [2.45, 2.75) is 32.8 Å². The normalized spacial score (nSPS) is 11.7. The molecule has 128 valence electrons. The summed E-state index contributed by atoms with van der Waals surface area (Å²) in [6.45, 7) is 6.68. The fourth-order valence-corrected chi connectivity index (χ4v) is 1.85. The zero-order chi connectivity index (χ0) is 17.4. The molecular weight excluding hydrogens is 294 g/mol. The highest BCUT2D eigenvalue weighted by Crippen LogP contribution is 2.19. The Labute approximate surface area is 138 Å². The summed E-state index contributed by atoms with van der Waals surface area (Å²) in [6.07, 6.45) is -0.593. The van der Waals surface area contributed by atoms with Gasteiger partial charge >= 0.3 is 6.03 Å². The van der Waals surface area contributed by atoms with E-state index in [0.29, 0.717) is 24.8 Å². The summed E-state index contributed by atoms with van der Waals surface area (Å²) in [5.41, 5.74) is 1.23. The van der Waals surface area contributed by atoms with Crippen LogP contribution in [0.4, 0.5) is 4.79 Å². The van der Waals surface area contributed by atoms with Crippen molar-refractivity contribution in [3.8, 4) is 5.75 Å². The Morgan fingerprint density at radius 1 is 1.04 bits per heavy atom. The fraction of sp³-hybridized carbons (Fsp3) is 0.529. The number of rotatable bonds is 7. The van der Waals surface area contributed by atoms with Gasteiger partial charge in [-0.05, 0) is 30.5 Å². The average molecular weight is 321 g/mol. The minimum atomic E-state index is -0.593. The molecule has 1 unspecified atom stereocenters. The molecule has 6 nitrogen and oxygen atoms in total. The quantitative estimate of drug-likeness (QED) is 0.754. The van der Waals surface area contributed by atoms with E-state index in [4.69, 9.17) is 4.74 Å². The number of ether oxygens (including phenoxy) is 1. The Morgan fingerprint density at radius 2 is 1.61 bits per heavy atom. The third kappa shape index (κ3) is 6.59. The number of nitrogens with zero attached hydrogens (tertiary/aromatic N) is 1. The van der Waals surface area contributed by atoms with Crippen LogP contribution in [0.3, 0.4) is 0 Å². The smallest absolute Gasteiger partial charge is 0.316 e. The van der Waals surface area contributed by atoms with E-state index in [1.807, 2.05) is 24.3 Å². The van der Waals surface area contributed by atoms with Crippen molar-refractivity contribution in [2.75, 3.05) is 27.2 Å². The molecule has 2 N–H and O–H groups in total. The molecule has 6 heteroatoms. The van der Waals surface area contributed by atoms with Gasteiger partial charge in [0.15, 0.2) is 6.10 Å². The summed E-state index contributed by atoms with van der Waals surface area (Å²) < 4.78 is 5.62. The molecule has 0 saturated heterocycles. The first kappa shape index (κ1) is 18.8. The van der Waals surface area contributed by atoms with E-state index in [1.165, 1.54) is 10.5 Å². The summed E-state index contributed by atoms with van der Waals surface area (Å²) in [5, 5.41) is 5.40. The van der Waals surface area contributed by atoms with Crippen LogP contribution in [0.25, 0.3) is 0 Å². The van der Waals surface area contributed by atoms with Crippen LogP contribution in [0, 0.1) is 0 Å². The van der Waals surface area contributed by atoms with Gasteiger partial charge in [0.2, 0.25) is 0 Å². The van der Waals surface area contributed by atoms with E-state index >= 15 is 0 Å². The van der Waals surface area contributed by atoms with Gasteiger partial charge in [0.25, 0.3) is 5.91 Å². The monoisotopic (exact) mass is 321 g/mol. The van der Waals surface area contributed by atoms with Gasteiger partial charge < -0.3 is 20.3 Å². The van der Waals surface area contributed by atoms with Crippen molar-refractivity contribution in [1.82, 2.24) is 15.5 Å². The zero-order valence-electron chi connectivity index (χ0n) is 14.6. The van der Waals surface area contributed by atoms with Crippen LogP contribution in [-0.2, 0) is 4.79 Å². The molecule has 1 aromatic carbocycles. The lowest BCUT2D eigenvalue weighted by Gasteiger charge is -2.16. The Hall–Kier alpha value is -2.24. The highest BCUT2D eigenvalue weighted by molar-refractivity contribution is 5.80. The average Bonchev–Trinajstić information content (AvgIpc) is 2.51. The first-order valence-electron chi connectivity index (χ1n) is 7.80. The number of carbonyl (C=O) groups excluding carboxylic acids is 2. The summed E-state index contributed by atoms with van der Waals surface area (Å²) >= 11 is 0. The molecule has 1 atom stereocenters. The Bertz CT molecular complexity index is 512. The van der Waals surface area contributed by atoms with Crippen LogP contribution in [0.2, 0.25) is 0 Å². The molecule has 1 aromatic rings. The molecule has 0 heterocycles. The van der Waals surface area contributed by atoms with Crippen LogP contribution in [0.15, 0.2) is 24.3 Å². The molecule has 0 aromatic heterocycles. The van der Waals surface area contributed by atoms with Crippen molar-refractivity contribution >= 4 is 11.9 Å². The van der Waals surface area contributed by atoms with E-state index in [2.05, 4.69) is 24.5 Å². The highest BCUT2D eigenvalue weighted by atomic mass is 16.5. The Balaban J connectivity index is 2.35. The van der Waals surface area contributed by atoms with E-state index in [-0.39, 0.29) is 11.9 Å². The zero-order valence-corrected chi connectivity index (χ0v) is 14.6. The topological polar surface area (TPSA) is 70.7 Å². The van der Waals surface area contributed by atoms with Gasteiger partial charge in [0.1, 0.15) is 5.75 Å². The van der Waals surface area contributed by atoms with Crippen LogP contribution in [0.1, 0.15) is 32.3 Å². The van der Waals surface area contributed by atoms with Crippen LogP contribution >= 0.6 is 0 Å². The minimum Gasteiger partial charge on any atom is -0.481 e. The first-order valence-corrected chi connectivity index (χ1v) is 7.80. The van der Waals surface area contributed by atoms with E-state index in [1.54, 1.807) is 21.0 Å². The molecule has 0 aliphatic rings. The van der Waals surface area contributed by atoms with Crippen LogP contribution in [-0.4, -0.2) is 50.1 Å². The van der Waals surface area contributed by atoms with Gasteiger partial charge in [0.05, 0.1) is 0 Å². The van der Waals surface area contributed by atoms with Crippen molar-refractivity contribution in [3.05, 3.63) is 29.8 Å². The minimum absolute atomic E-state index is 0.186. The molecule has 0 aliphatic carbocycles. The fourth-order valence-electron chi connectivity index (χ4n) is 1.85. The van der Waals surface area contributed by atoms with Gasteiger partial charge in [-0.3, -0.25) is 4.79 Å². The SMILES string of the molecule is CC(Oc1ccc(C(C)C)cc1)C(=O)NCCNC(=O)N(C)C. The second kappa shape index (κ2) is 9.02. The molecule has 0 aliphatic heterocycles. The van der Waals surface area contributed by atoms with E-state index < -0.39 is 6.10 Å². The first-order chi connectivity index (χ1) is 10.8. The lowest BCUT2D eigenvalue weighted by Crippen LogP contribution is -2.42. The Kier molecular flexibility index (Phi) is 7.38. The lowest BCUT2D eigenvalue weighted by atomic mass is 10.0. The number of benzene rings is 1. The molecule has 3 amide bonds. The number of carbonyl (C=O) groups is 2. The van der Waals surface area contributed by atoms with Gasteiger partial charge in [0, 0.05) is 27.2 Å². The van der Waals surface area contributed by atoms with E-state index in [9.17, 15) is 9.59 Å². The van der Waals surface area contributed by atoms with Crippen molar-refractivity contribution in [2.24, 2.45) is 0 Å². The predicted molar refractivity (Wildman–Crippen MR) is 90.7 cm³/mol. The lowest BCUT2D eigenvalue weighted by molar-refractivity contribution is -0.127. The molecule has 0 saturated carbocycles. The van der Waals surface area contributed by atoms with Gasteiger partial charge in [-0.25, -0.2) is 4.79 Å². The molecule has 1 rings (SSSR count). The van der Waals surface area contributed by atoms with Crippen LogP contribution in [0.5, 0.6) is 5.75 Å². The number of hydrogen-bond acceptors (Lipinski definition) is 3. The van der Waals surface area contributed by atoms with Gasteiger partial charge in [-0.15, -0.1) is 0 Å². The maximum atomic E-state index is 11.9. The second-order valence-electron chi connectivity index (χ2n) is 5.90. The number of hydrogen-bond donors (Lipinski definition) is 2. The standard InChI is InChI=1S/C17H27N3O3/c1-12(2)14-6-8-15(9-7-14)23-13(3)16(21)18-10-11-19-17(22)20(4)5/h6-9,12-13H,10-11H2,1-5H3,(H,18,21)(H,19,22). The summed E-state index contributed by atoms with van der Waals surface area (Å²) in [7, 11) is 3.32. The van der Waals surface area contributed by atoms with Crippen molar-refractivity contribution < 1.29 is 14.3 Å². The highest BCUT2D eigenvalue weighted by Gasteiger charge is 2.14. The summed E-state index contributed by atoms with van der Waals surface area (Å²) in [4.78, 5) is 24.7. The van der Waals surface area contributed by atoms with Crippen molar-refractivity contribution in [1.29, 1.82) is 0 Å². The molecule has 0 bridgehead atoms. The van der Waals surface area contributed by atoms with Crippen molar-refractivity contribution in [3.63, 3.8) is 0 Å². The van der Waals surface area contributed by atoms with Crippen LogP contribution < -0.4 is 15.4 Å². The van der Waals surface area contributed by atoms with Gasteiger partial charge in [-0.1, -0.05) is 26.0 Å². The third-order valence-corrected chi connectivity index (χ3v) is 3.34. The molecular formula is C17H27N3O3. The second-order valence-corrected chi connectivity index (χ2v) is 5.90. The molecule has 0 radical (unpaired) electrons. The van der Waals surface area contributed by atoms with E-state index in [0.717, 1.165) is 0 Å². The maximum absolute atomic E-state index is 11.9. The maximum Gasteiger partial charge on any atom is 0.316 e. The number of urea groups is 1. The largest absolute Gasteiger partial charge is 0.481 e. The summed E-state index contributed by atoms with van der Waals surface area (Å²) in [5.74, 6) is 0.914. The molecule has 0 fully saturated rings. The molecule has 23 heavy (non-hydrogen) atoms. The predicted octanol–water partition coefficient (Wildman–Crippen LogP) is 1.96.